The van der Waals surface area contributed by atoms with E-state index in [0.717, 1.165) is 16.3 Å². The molecule has 0 saturated carbocycles. The van der Waals surface area contributed by atoms with Gasteiger partial charge in [0.2, 0.25) is 0 Å². The Morgan fingerprint density at radius 3 is 2.57 bits per heavy atom. The SMILES string of the molecule is [CH2]CC(F)c1cccc2ccccc12. The van der Waals surface area contributed by atoms with Gasteiger partial charge in [0.25, 0.3) is 0 Å². The summed E-state index contributed by atoms with van der Waals surface area (Å²) in [6.45, 7) is 3.59. The summed E-state index contributed by atoms with van der Waals surface area (Å²) >= 11 is 0. The van der Waals surface area contributed by atoms with Crippen LogP contribution in [0, 0.1) is 6.92 Å². The molecular formula is C13H12F. The lowest BCUT2D eigenvalue weighted by Crippen LogP contribution is -1.90. The summed E-state index contributed by atoms with van der Waals surface area (Å²) in [6.07, 6.45) is -0.672. The van der Waals surface area contributed by atoms with E-state index < -0.39 is 6.17 Å². The van der Waals surface area contributed by atoms with Crippen molar-refractivity contribution in [2.45, 2.75) is 12.6 Å². The number of rotatable bonds is 2. The number of halogens is 1. The Balaban J connectivity index is 2.65. The molecule has 0 bridgehead atoms. The van der Waals surface area contributed by atoms with Crippen molar-refractivity contribution in [2.75, 3.05) is 0 Å². The van der Waals surface area contributed by atoms with Crippen LogP contribution in [0.2, 0.25) is 0 Å². The Labute approximate surface area is 83.4 Å². The Hall–Kier alpha value is -1.37. The second kappa shape index (κ2) is 3.79. The fraction of sp³-hybridized carbons (Fsp3) is 0.154. The summed E-state index contributed by atoms with van der Waals surface area (Å²) < 4.78 is 13.5. The van der Waals surface area contributed by atoms with Gasteiger partial charge in [0, 0.05) is 0 Å². The van der Waals surface area contributed by atoms with Crippen LogP contribution in [0.1, 0.15) is 18.2 Å². The quantitative estimate of drug-likeness (QED) is 0.664. The zero-order valence-electron chi connectivity index (χ0n) is 7.91. The minimum absolute atomic E-state index is 0.286. The number of fused-ring (bicyclic) bond motifs is 1. The van der Waals surface area contributed by atoms with Crippen molar-refractivity contribution in [1.29, 1.82) is 0 Å². The van der Waals surface area contributed by atoms with Gasteiger partial charge in [-0.2, -0.15) is 0 Å². The number of benzene rings is 2. The van der Waals surface area contributed by atoms with E-state index in [2.05, 4.69) is 6.92 Å². The monoisotopic (exact) mass is 187 g/mol. The van der Waals surface area contributed by atoms with Crippen LogP contribution in [0.25, 0.3) is 10.8 Å². The predicted molar refractivity (Wildman–Crippen MR) is 57.8 cm³/mol. The van der Waals surface area contributed by atoms with Crippen LogP contribution >= 0.6 is 0 Å². The highest BCUT2D eigenvalue weighted by atomic mass is 19.1. The van der Waals surface area contributed by atoms with Crippen molar-refractivity contribution in [3.63, 3.8) is 0 Å². The third-order valence-electron chi connectivity index (χ3n) is 2.41. The highest BCUT2D eigenvalue weighted by Gasteiger charge is 2.09. The molecule has 1 heteroatoms. The minimum atomic E-state index is -0.957. The average Bonchev–Trinajstić information content (AvgIpc) is 2.27. The van der Waals surface area contributed by atoms with Crippen molar-refractivity contribution in [3.05, 3.63) is 55.0 Å². The van der Waals surface area contributed by atoms with Crippen molar-refractivity contribution >= 4 is 10.8 Å². The summed E-state index contributed by atoms with van der Waals surface area (Å²) in [5.41, 5.74) is 0.748. The van der Waals surface area contributed by atoms with E-state index in [0.29, 0.717) is 0 Å². The largest absolute Gasteiger partial charge is 0.242 e. The molecule has 14 heavy (non-hydrogen) atoms. The van der Waals surface area contributed by atoms with Crippen LogP contribution in [-0.2, 0) is 0 Å². The van der Waals surface area contributed by atoms with Crippen LogP contribution in [0.5, 0.6) is 0 Å². The molecule has 1 atom stereocenters. The zero-order valence-corrected chi connectivity index (χ0v) is 7.91. The lowest BCUT2D eigenvalue weighted by Gasteiger charge is -2.09. The van der Waals surface area contributed by atoms with Gasteiger partial charge in [-0.25, -0.2) is 4.39 Å². The molecule has 0 aliphatic carbocycles. The minimum Gasteiger partial charge on any atom is -0.242 e. The molecule has 2 aromatic rings. The highest BCUT2D eigenvalue weighted by Crippen LogP contribution is 2.28. The summed E-state index contributed by atoms with van der Waals surface area (Å²) in [5, 5.41) is 2.08. The molecule has 0 spiro atoms. The predicted octanol–water partition coefficient (Wildman–Crippen LogP) is 4.07. The molecule has 2 aromatic carbocycles. The van der Waals surface area contributed by atoms with Crippen LogP contribution < -0.4 is 0 Å². The Morgan fingerprint density at radius 2 is 1.79 bits per heavy atom. The average molecular weight is 187 g/mol. The Morgan fingerprint density at radius 1 is 1.07 bits per heavy atom. The van der Waals surface area contributed by atoms with Crippen LogP contribution in [0.3, 0.4) is 0 Å². The number of alkyl halides is 1. The van der Waals surface area contributed by atoms with Gasteiger partial charge in [0.05, 0.1) is 0 Å². The first-order chi connectivity index (χ1) is 6.83. The van der Waals surface area contributed by atoms with Crippen molar-refractivity contribution in [3.8, 4) is 0 Å². The van der Waals surface area contributed by atoms with Crippen LogP contribution in [0.15, 0.2) is 42.5 Å². The molecule has 71 valence electrons. The van der Waals surface area contributed by atoms with Gasteiger partial charge in [0.1, 0.15) is 6.17 Å². The summed E-state index contributed by atoms with van der Waals surface area (Å²) in [4.78, 5) is 0. The third kappa shape index (κ3) is 1.50. The molecule has 1 radical (unpaired) electrons. The maximum Gasteiger partial charge on any atom is 0.126 e. The first-order valence-electron chi connectivity index (χ1n) is 4.74. The van der Waals surface area contributed by atoms with Gasteiger partial charge in [-0.3, -0.25) is 0 Å². The molecule has 0 nitrogen and oxygen atoms in total. The molecule has 0 saturated heterocycles. The fourth-order valence-electron chi connectivity index (χ4n) is 1.68. The number of hydrogen-bond acceptors (Lipinski definition) is 0. The Kier molecular flexibility index (Phi) is 2.49. The van der Waals surface area contributed by atoms with E-state index in [4.69, 9.17) is 0 Å². The van der Waals surface area contributed by atoms with E-state index in [1.165, 1.54) is 0 Å². The standard InChI is InChI=1S/C13H12F/c1-2-13(14)12-9-5-7-10-6-3-4-8-11(10)12/h3-9,13H,1-2H2. The second-order valence-electron chi connectivity index (χ2n) is 3.32. The van der Waals surface area contributed by atoms with Gasteiger partial charge >= 0.3 is 0 Å². The molecule has 0 amide bonds. The number of hydrogen-bond donors (Lipinski definition) is 0. The lowest BCUT2D eigenvalue weighted by molar-refractivity contribution is 0.349. The zero-order chi connectivity index (χ0) is 9.97. The second-order valence-corrected chi connectivity index (χ2v) is 3.32. The molecule has 0 fully saturated rings. The molecular weight excluding hydrogens is 175 g/mol. The lowest BCUT2D eigenvalue weighted by atomic mass is 10.0. The normalized spacial score (nSPS) is 13.0. The maximum atomic E-state index is 13.5. The van der Waals surface area contributed by atoms with E-state index in [1.54, 1.807) is 0 Å². The van der Waals surface area contributed by atoms with Crippen molar-refractivity contribution in [2.24, 2.45) is 0 Å². The summed E-state index contributed by atoms with van der Waals surface area (Å²) in [5.74, 6) is 0. The summed E-state index contributed by atoms with van der Waals surface area (Å²) in [6, 6.07) is 13.6. The molecule has 0 heterocycles. The fourth-order valence-corrected chi connectivity index (χ4v) is 1.68. The first-order valence-corrected chi connectivity index (χ1v) is 4.74. The molecule has 1 unspecified atom stereocenters. The van der Waals surface area contributed by atoms with Crippen LogP contribution in [-0.4, -0.2) is 0 Å². The van der Waals surface area contributed by atoms with Crippen LogP contribution in [0.4, 0.5) is 4.39 Å². The maximum absolute atomic E-state index is 13.5. The topological polar surface area (TPSA) is 0 Å². The molecule has 0 N–H and O–H groups in total. The Bertz CT molecular complexity index is 429. The molecule has 2 rings (SSSR count). The van der Waals surface area contributed by atoms with Gasteiger partial charge in [-0.1, -0.05) is 49.4 Å². The highest BCUT2D eigenvalue weighted by molar-refractivity contribution is 5.85. The van der Waals surface area contributed by atoms with Crippen molar-refractivity contribution < 1.29 is 4.39 Å². The third-order valence-corrected chi connectivity index (χ3v) is 2.41. The molecule has 0 aliphatic rings. The van der Waals surface area contributed by atoms with E-state index in [1.807, 2.05) is 42.5 Å². The van der Waals surface area contributed by atoms with Gasteiger partial charge in [0.15, 0.2) is 0 Å². The van der Waals surface area contributed by atoms with Gasteiger partial charge in [-0.05, 0) is 22.8 Å². The molecule has 0 aliphatic heterocycles. The summed E-state index contributed by atoms with van der Waals surface area (Å²) in [7, 11) is 0. The first kappa shape index (κ1) is 9.20. The smallest absolute Gasteiger partial charge is 0.126 e. The van der Waals surface area contributed by atoms with E-state index in [-0.39, 0.29) is 6.42 Å². The van der Waals surface area contributed by atoms with E-state index in [9.17, 15) is 4.39 Å². The molecule has 0 aromatic heterocycles. The van der Waals surface area contributed by atoms with Gasteiger partial charge < -0.3 is 0 Å². The van der Waals surface area contributed by atoms with E-state index >= 15 is 0 Å². The van der Waals surface area contributed by atoms with Crippen molar-refractivity contribution in [1.82, 2.24) is 0 Å². The van der Waals surface area contributed by atoms with Gasteiger partial charge in [-0.15, -0.1) is 0 Å².